The molecule has 7 aliphatic rings. The van der Waals surface area contributed by atoms with Gasteiger partial charge in [0.1, 0.15) is 35.6 Å². The number of aliphatic hydroxyl groups is 2. The van der Waals surface area contributed by atoms with Gasteiger partial charge in [-0.05, 0) is 32.8 Å². The van der Waals surface area contributed by atoms with Gasteiger partial charge in [0.2, 0.25) is 0 Å². The monoisotopic (exact) mass is 544 g/mol. The molecule has 2 N–H and O–H groups in total. The summed E-state index contributed by atoms with van der Waals surface area (Å²) < 4.78 is 36.7. The predicted octanol–water partition coefficient (Wildman–Crippen LogP) is 1.28. The molecular formula is C29H36O10. The number of hydrogen-bond acceptors (Lipinski definition) is 10. The normalized spacial score (nSPS) is 54.4. The number of ether oxygens (including phenoxy) is 6. The van der Waals surface area contributed by atoms with Crippen LogP contribution in [0.25, 0.3) is 0 Å². The maximum atomic E-state index is 13.5. The largest absolute Gasteiger partial charge is 0.463 e. The molecule has 11 atom stereocenters. The average molecular weight is 545 g/mol. The van der Waals surface area contributed by atoms with Gasteiger partial charge in [-0.25, -0.2) is 9.59 Å². The molecule has 39 heavy (non-hydrogen) atoms. The number of fused-ring (bicyclic) bond motifs is 1. The Hall–Kier alpha value is -2.08. The highest BCUT2D eigenvalue weighted by Crippen LogP contribution is 2.72. The van der Waals surface area contributed by atoms with Crippen LogP contribution >= 0.6 is 0 Å². The lowest BCUT2D eigenvalue weighted by atomic mass is 9.51. The Labute approximate surface area is 226 Å². The summed E-state index contributed by atoms with van der Waals surface area (Å²) in [4.78, 5) is 26.6. The van der Waals surface area contributed by atoms with Crippen molar-refractivity contribution in [1.82, 2.24) is 0 Å². The molecule has 0 aromatic heterocycles. The molecule has 3 spiro atoms. The fourth-order valence-corrected chi connectivity index (χ4v) is 8.37. The number of hydrogen-bond donors (Lipinski definition) is 2. The quantitative estimate of drug-likeness (QED) is 0.282. The van der Waals surface area contributed by atoms with Gasteiger partial charge in [0, 0.05) is 24.3 Å². The van der Waals surface area contributed by atoms with E-state index in [0.717, 1.165) is 6.42 Å². The van der Waals surface area contributed by atoms with Crippen LogP contribution in [0.15, 0.2) is 36.0 Å². The van der Waals surface area contributed by atoms with Gasteiger partial charge in [-0.3, -0.25) is 0 Å². The molecule has 0 radical (unpaired) electrons. The zero-order valence-corrected chi connectivity index (χ0v) is 22.5. The van der Waals surface area contributed by atoms with E-state index in [1.54, 1.807) is 0 Å². The summed E-state index contributed by atoms with van der Waals surface area (Å²) in [5, 5.41) is 22.1. The van der Waals surface area contributed by atoms with Crippen molar-refractivity contribution < 1.29 is 48.2 Å². The number of esters is 2. The van der Waals surface area contributed by atoms with Crippen molar-refractivity contribution in [2.45, 2.75) is 99.9 Å². The van der Waals surface area contributed by atoms with Crippen LogP contribution in [0.5, 0.6) is 0 Å². The highest BCUT2D eigenvalue weighted by atomic mass is 16.7. The zero-order valence-electron chi connectivity index (χ0n) is 22.5. The molecule has 7 rings (SSSR count). The van der Waals surface area contributed by atoms with E-state index in [4.69, 9.17) is 28.4 Å². The first-order valence-electron chi connectivity index (χ1n) is 13.9. The number of allylic oxidation sites excluding steroid dienone is 3. The van der Waals surface area contributed by atoms with E-state index in [1.807, 2.05) is 0 Å². The Kier molecular flexibility index (Phi) is 5.46. The maximum absolute atomic E-state index is 13.5. The number of aliphatic hydroxyl groups excluding tert-OH is 2. The molecule has 0 aromatic carbocycles. The summed E-state index contributed by atoms with van der Waals surface area (Å²) in [5.74, 6) is -1.10. The minimum atomic E-state index is -1.53. The fraction of sp³-hybridized carbons (Fsp3) is 0.724. The van der Waals surface area contributed by atoms with Crippen molar-refractivity contribution >= 4 is 11.9 Å². The average Bonchev–Trinajstić information content (AvgIpc) is 3.81. The van der Waals surface area contributed by atoms with Gasteiger partial charge in [0.05, 0.1) is 36.9 Å². The third-order valence-electron chi connectivity index (χ3n) is 11.0. The highest BCUT2D eigenvalue weighted by molar-refractivity contribution is 5.82. The molecule has 2 aliphatic carbocycles. The predicted molar refractivity (Wildman–Crippen MR) is 133 cm³/mol. The zero-order chi connectivity index (χ0) is 27.4. The van der Waals surface area contributed by atoms with Gasteiger partial charge in [-0.15, -0.1) is 0 Å². The Balaban J connectivity index is 1.31. The molecule has 6 unspecified atom stereocenters. The van der Waals surface area contributed by atoms with E-state index in [2.05, 4.69) is 19.9 Å². The summed E-state index contributed by atoms with van der Waals surface area (Å²) in [6.45, 7) is 6.35. The van der Waals surface area contributed by atoms with Crippen molar-refractivity contribution in [3.05, 3.63) is 36.0 Å². The SMILES string of the molecule is CC1=C[C@H]2O[C@@H]3C[C@H]4OC(=O)/C=C\C=C\C5(C(C)O)OCCC6(OC6C(=O)OC[C@@]2(CC1)[C@]4(C)C31CO1)C5O. The third-order valence-corrected chi connectivity index (χ3v) is 11.0. The van der Waals surface area contributed by atoms with Gasteiger partial charge in [0.15, 0.2) is 6.10 Å². The Bertz CT molecular complexity index is 1190. The van der Waals surface area contributed by atoms with Crippen LogP contribution in [0.1, 0.15) is 46.5 Å². The lowest BCUT2D eigenvalue weighted by Crippen LogP contribution is -2.67. The Morgan fingerprint density at radius 2 is 1.90 bits per heavy atom. The first-order chi connectivity index (χ1) is 18.5. The molecular weight excluding hydrogens is 508 g/mol. The molecule has 0 amide bonds. The van der Waals surface area contributed by atoms with Crippen molar-refractivity contribution in [2.75, 3.05) is 19.8 Å². The molecule has 5 fully saturated rings. The Morgan fingerprint density at radius 1 is 1.10 bits per heavy atom. The lowest BCUT2D eigenvalue weighted by Gasteiger charge is -2.58. The van der Waals surface area contributed by atoms with Crippen LogP contribution in [-0.4, -0.2) is 95.4 Å². The molecule has 1 saturated carbocycles. The summed E-state index contributed by atoms with van der Waals surface area (Å²) >= 11 is 0. The van der Waals surface area contributed by atoms with Crippen LogP contribution in [0.3, 0.4) is 0 Å². The summed E-state index contributed by atoms with van der Waals surface area (Å²) in [7, 11) is 0. The van der Waals surface area contributed by atoms with Crippen molar-refractivity contribution in [3.8, 4) is 0 Å². The van der Waals surface area contributed by atoms with Crippen LogP contribution in [0.2, 0.25) is 0 Å². The lowest BCUT2D eigenvalue weighted by molar-refractivity contribution is -0.233. The topological polar surface area (TPSA) is 137 Å². The molecule has 5 aliphatic heterocycles. The second-order valence-corrected chi connectivity index (χ2v) is 12.6. The maximum Gasteiger partial charge on any atom is 0.338 e. The van der Waals surface area contributed by atoms with E-state index in [9.17, 15) is 19.8 Å². The van der Waals surface area contributed by atoms with E-state index < -0.39 is 64.0 Å². The van der Waals surface area contributed by atoms with Crippen molar-refractivity contribution in [3.63, 3.8) is 0 Å². The van der Waals surface area contributed by atoms with Crippen LogP contribution in [0, 0.1) is 10.8 Å². The molecule has 4 bridgehead atoms. The molecule has 0 aromatic rings. The molecule has 10 nitrogen and oxygen atoms in total. The Morgan fingerprint density at radius 3 is 2.64 bits per heavy atom. The molecule has 5 heterocycles. The summed E-state index contributed by atoms with van der Waals surface area (Å²) in [6, 6.07) is 0. The number of cyclic esters (lactones) is 1. The smallest absolute Gasteiger partial charge is 0.338 e. The first-order valence-corrected chi connectivity index (χ1v) is 13.9. The first kappa shape index (κ1) is 25.9. The number of carbonyl (C=O) groups is 2. The van der Waals surface area contributed by atoms with Gasteiger partial charge in [-0.2, -0.15) is 0 Å². The van der Waals surface area contributed by atoms with Gasteiger partial charge in [0.25, 0.3) is 0 Å². The fourth-order valence-electron chi connectivity index (χ4n) is 8.37. The number of carbonyl (C=O) groups excluding carboxylic acids is 2. The standard InChI is InChI=1S/C29H36O10/c1-16-7-9-26-14-34-23(32)22-28(39-22)10-11-35-27(17(2)30,24(28)33)8-5-4-6-21(31)38-18-13-20(37-19(26)12-16)29(15-36-29)25(18,26)3/h4-6,8,12,17-20,22,24,30,33H,7,9-11,13-15H2,1-3H3/b6-4-,8-5+/t17?,18-,19-,20-,22?,24?,25-,26-,27?,28?,29?/m1/s1. The van der Waals surface area contributed by atoms with Gasteiger partial charge in [-0.1, -0.05) is 30.7 Å². The molecule has 212 valence electrons. The summed E-state index contributed by atoms with van der Waals surface area (Å²) in [6.07, 6.45) is 5.66. The van der Waals surface area contributed by atoms with E-state index in [1.165, 1.54) is 36.8 Å². The minimum Gasteiger partial charge on any atom is -0.463 e. The van der Waals surface area contributed by atoms with E-state index >= 15 is 0 Å². The molecule has 4 saturated heterocycles. The van der Waals surface area contributed by atoms with Gasteiger partial charge >= 0.3 is 11.9 Å². The van der Waals surface area contributed by atoms with Crippen LogP contribution in [-0.2, 0) is 38.0 Å². The van der Waals surface area contributed by atoms with Crippen LogP contribution in [0.4, 0.5) is 0 Å². The van der Waals surface area contributed by atoms with Crippen molar-refractivity contribution in [1.29, 1.82) is 0 Å². The van der Waals surface area contributed by atoms with Crippen molar-refractivity contribution in [2.24, 2.45) is 10.8 Å². The van der Waals surface area contributed by atoms with Crippen LogP contribution < -0.4 is 0 Å². The molecule has 10 heteroatoms. The van der Waals surface area contributed by atoms with E-state index in [0.29, 0.717) is 19.4 Å². The third kappa shape index (κ3) is 3.18. The second-order valence-electron chi connectivity index (χ2n) is 12.6. The second kappa shape index (κ2) is 8.24. The number of epoxide rings is 2. The van der Waals surface area contributed by atoms with Gasteiger partial charge < -0.3 is 38.6 Å². The summed E-state index contributed by atoms with van der Waals surface area (Å²) in [5.41, 5.74) is -3.53. The van der Waals surface area contributed by atoms with E-state index in [-0.39, 0.29) is 31.8 Å². The highest BCUT2D eigenvalue weighted by Gasteiger charge is 2.83. The minimum absolute atomic E-state index is 0.0302. The number of rotatable bonds is 1.